The fourth-order valence-electron chi connectivity index (χ4n) is 4.98. The third-order valence-electron chi connectivity index (χ3n) is 6.65. The van der Waals surface area contributed by atoms with Crippen LogP contribution in [0.25, 0.3) is 22.2 Å². The number of hydrogen-bond acceptors (Lipinski definition) is 8. The molecule has 1 saturated heterocycles. The van der Waals surface area contributed by atoms with E-state index in [1.165, 1.54) is 0 Å². The highest BCUT2D eigenvalue weighted by molar-refractivity contribution is 5.94. The lowest BCUT2D eigenvalue weighted by molar-refractivity contribution is 0.225. The Morgan fingerprint density at radius 1 is 1.29 bits per heavy atom. The van der Waals surface area contributed by atoms with E-state index in [1.807, 2.05) is 49.9 Å². The predicted molar refractivity (Wildman–Crippen MR) is 132 cm³/mol. The first kappa shape index (κ1) is 22.7. The molecule has 1 aromatic carbocycles. The normalized spacial score (nSPS) is 16.4. The first-order chi connectivity index (χ1) is 17.0. The number of aromatic amines is 1. The van der Waals surface area contributed by atoms with E-state index in [1.54, 1.807) is 12.4 Å². The molecule has 4 aromatic rings. The molecule has 4 heterocycles. The van der Waals surface area contributed by atoms with E-state index in [-0.39, 0.29) is 18.8 Å². The summed E-state index contributed by atoms with van der Waals surface area (Å²) in [4.78, 5) is 6.64. The number of aromatic nitrogens is 5. The van der Waals surface area contributed by atoms with Gasteiger partial charge in [-0.25, -0.2) is 4.98 Å². The molecule has 3 aromatic heterocycles. The smallest absolute Gasteiger partial charge is 0.146 e. The number of aliphatic hydroxyl groups excluding tert-OH is 1. The maximum absolute atomic E-state index is 9.83. The average molecular weight is 470 g/mol. The van der Waals surface area contributed by atoms with Crippen molar-refractivity contribution in [3.63, 3.8) is 0 Å². The van der Waals surface area contributed by atoms with E-state index in [9.17, 15) is 10.4 Å². The van der Waals surface area contributed by atoms with Gasteiger partial charge in [-0.15, -0.1) is 0 Å². The molecule has 0 amide bonds. The second kappa shape index (κ2) is 9.31. The van der Waals surface area contributed by atoms with Gasteiger partial charge in [-0.3, -0.25) is 5.10 Å². The third kappa shape index (κ3) is 4.17. The van der Waals surface area contributed by atoms with Gasteiger partial charge in [0, 0.05) is 29.3 Å². The van der Waals surface area contributed by atoms with Gasteiger partial charge in [0.1, 0.15) is 29.4 Å². The van der Waals surface area contributed by atoms with E-state index >= 15 is 0 Å². The Bertz CT molecular complexity index is 1400. The van der Waals surface area contributed by atoms with Crippen molar-refractivity contribution in [2.45, 2.75) is 45.8 Å². The van der Waals surface area contributed by atoms with Gasteiger partial charge in [0.25, 0.3) is 0 Å². The van der Waals surface area contributed by atoms with Crippen LogP contribution in [0.4, 0.5) is 5.82 Å². The highest BCUT2D eigenvalue weighted by Gasteiger charge is 2.27. The molecule has 9 heteroatoms. The van der Waals surface area contributed by atoms with Crippen LogP contribution in [0.15, 0.2) is 36.7 Å². The number of aliphatic hydroxyl groups is 1. The number of rotatable bonds is 6. The summed E-state index contributed by atoms with van der Waals surface area (Å²) in [5, 5.41) is 36.1. The number of benzene rings is 1. The maximum Gasteiger partial charge on any atom is 0.146 e. The molecular weight excluding hydrogens is 442 g/mol. The first-order valence-corrected chi connectivity index (χ1v) is 11.7. The zero-order chi connectivity index (χ0) is 24.5. The molecular formula is C26H27N7O2. The summed E-state index contributed by atoms with van der Waals surface area (Å²) in [6, 6.07) is 9.88. The van der Waals surface area contributed by atoms with Crippen molar-refractivity contribution in [3.8, 4) is 23.1 Å². The topological polar surface area (TPSA) is 124 Å². The summed E-state index contributed by atoms with van der Waals surface area (Å²) < 4.78 is 6.28. The molecule has 178 valence electrons. The minimum absolute atomic E-state index is 0.00349. The van der Waals surface area contributed by atoms with Crippen LogP contribution < -0.4 is 9.64 Å². The van der Waals surface area contributed by atoms with Gasteiger partial charge in [0.05, 0.1) is 35.6 Å². The number of fused-ring (bicyclic) bond motifs is 1. The Hall–Kier alpha value is -4.03. The summed E-state index contributed by atoms with van der Waals surface area (Å²) in [5.41, 5.74) is 5.68. The number of nitrogens with one attached hydrogen (secondary N) is 1. The van der Waals surface area contributed by atoms with Gasteiger partial charge >= 0.3 is 0 Å². The molecule has 0 spiro atoms. The number of nitriles is 1. The predicted octanol–water partition coefficient (Wildman–Crippen LogP) is 4.00. The summed E-state index contributed by atoms with van der Waals surface area (Å²) in [6.45, 7) is 6.76. The first-order valence-electron chi connectivity index (χ1n) is 11.7. The number of H-pyrrole nitrogens is 1. The van der Waals surface area contributed by atoms with Gasteiger partial charge in [0.2, 0.25) is 0 Å². The van der Waals surface area contributed by atoms with Gasteiger partial charge < -0.3 is 14.7 Å². The Morgan fingerprint density at radius 2 is 2.14 bits per heavy atom. The SMILES string of the molecule is Cc1cnnc(C)c1[C@@H](C)Oc1ccc2[nH]nc(-c3cnc(N4CCC[C@@H]4CO)c(C#N)c3)c2c1. The molecule has 0 radical (unpaired) electrons. The third-order valence-corrected chi connectivity index (χ3v) is 6.65. The minimum Gasteiger partial charge on any atom is -0.486 e. The number of pyridine rings is 1. The molecule has 35 heavy (non-hydrogen) atoms. The Balaban J connectivity index is 1.48. The van der Waals surface area contributed by atoms with E-state index in [4.69, 9.17) is 4.74 Å². The summed E-state index contributed by atoms with van der Waals surface area (Å²) in [5.74, 6) is 1.32. The van der Waals surface area contributed by atoms with E-state index in [2.05, 4.69) is 31.4 Å². The summed E-state index contributed by atoms with van der Waals surface area (Å²) in [7, 11) is 0. The number of ether oxygens (including phenoxy) is 1. The lowest BCUT2D eigenvalue weighted by Gasteiger charge is -2.25. The van der Waals surface area contributed by atoms with Gasteiger partial charge in [-0.1, -0.05) is 0 Å². The molecule has 1 aliphatic heterocycles. The van der Waals surface area contributed by atoms with Gasteiger partial charge in [-0.05, 0) is 63.4 Å². The van der Waals surface area contributed by atoms with Crippen LogP contribution in [0.5, 0.6) is 5.75 Å². The average Bonchev–Trinajstić information content (AvgIpc) is 3.50. The van der Waals surface area contributed by atoms with Crippen molar-refractivity contribution >= 4 is 16.7 Å². The summed E-state index contributed by atoms with van der Waals surface area (Å²) in [6.07, 6.45) is 5.14. The zero-order valence-corrected chi connectivity index (χ0v) is 20.0. The Morgan fingerprint density at radius 3 is 2.91 bits per heavy atom. The monoisotopic (exact) mass is 469 g/mol. The van der Waals surface area contributed by atoms with Crippen LogP contribution >= 0.6 is 0 Å². The van der Waals surface area contributed by atoms with Crippen LogP contribution in [0.1, 0.15) is 48.3 Å². The molecule has 0 saturated carbocycles. The van der Waals surface area contributed by atoms with Crippen LogP contribution in [0.3, 0.4) is 0 Å². The Kier molecular flexibility index (Phi) is 6.05. The van der Waals surface area contributed by atoms with Crippen LogP contribution in [-0.4, -0.2) is 49.7 Å². The standard InChI is InChI=1S/C26H27N7O2/c1-15-12-29-30-16(2)24(15)17(3)35-21-6-7-23-22(10-21)25(32-31-23)19-9-18(11-27)26(28-13-19)33-8-4-5-20(33)14-34/h6-7,9-10,12-13,17,20,34H,4-5,8,14H2,1-3H3,(H,31,32)/t17-,20-/m1/s1. The lowest BCUT2D eigenvalue weighted by atomic mass is 10.0. The second-order valence-corrected chi connectivity index (χ2v) is 8.95. The van der Waals surface area contributed by atoms with Crippen molar-refractivity contribution < 1.29 is 9.84 Å². The lowest BCUT2D eigenvalue weighted by Crippen LogP contribution is -2.33. The summed E-state index contributed by atoms with van der Waals surface area (Å²) >= 11 is 0. The molecule has 0 unspecified atom stereocenters. The molecule has 9 nitrogen and oxygen atoms in total. The van der Waals surface area contributed by atoms with Crippen LogP contribution in [0, 0.1) is 25.2 Å². The number of nitrogens with zero attached hydrogens (tertiary/aromatic N) is 6. The Labute approximate surface area is 203 Å². The number of hydrogen-bond donors (Lipinski definition) is 2. The van der Waals surface area contributed by atoms with Crippen LogP contribution in [-0.2, 0) is 0 Å². The van der Waals surface area contributed by atoms with Crippen molar-refractivity contribution in [1.29, 1.82) is 5.26 Å². The number of aryl methyl sites for hydroxylation is 2. The largest absolute Gasteiger partial charge is 0.486 e. The highest BCUT2D eigenvalue weighted by Crippen LogP contribution is 2.34. The van der Waals surface area contributed by atoms with Crippen molar-refractivity contribution in [2.75, 3.05) is 18.1 Å². The molecule has 0 aliphatic carbocycles. The van der Waals surface area contributed by atoms with E-state index in [0.29, 0.717) is 22.8 Å². The molecule has 2 atom stereocenters. The fraction of sp³-hybridized carbons (Fsp3) is 0.346. The van der Waals surface area contributed by atoms with Gasteiger partial charge in [0.15, 0.2) is 0 Å². The number of anilines is 1. The van der Waals surface area contributed by atoms with E-state index in [0.717, 1.165) is 52.7 Å². The minimum atomic E-state index is -0.204. The fourth-order valence-corrected chi connectivity index (χ4v) is 4.98. The second-order valence-electron chi connectivity index (χ2n) is 8.95. The molecule has 1 fully saturated rings. The van der Waals surface area contributed by atoms with Crippen molar-refractivity contribution in [2.24, 2.45) is 0 Å². The maximum atomic E-state index is 9.83. The van der Waals surface area contributed by atoms with E-state index < -0.39 is 0 Å². The molecule has 2 N–H and O–H groups in total. The van der Waals surface area contributed by atoms with Gasteiger partial charge in [-0.2, -0.15) is 20.6 Å². The molecule has 5 rings (SSSR count). The highest BCUT2D eigenvalue weighted by atomic mass is 16.5. The molecule has 0 bridgehead atoms. The van der Waals surface area contributed by atoms with Crippen LogP contribution in [0.2, 0.25) is 0 Å². The quantitative estimate of drug-likeness (QED) is 0.434. The molecule has 1 aliphatic rings. The van der Waals surface area contributed by atoms with Crippen molar-refractivity contribution in [3.05, 3.63) is 59.0 Å². The van der Waals surface area contributed by atoms with Crippen molar-refractivity contribution in [1.82, 2.24) is 25.4 Å². The zero-order valence-electron chi connectivity index (χ0n) is 20.0.